The molecule has 0 radical (unpaired) electrons. The van der Waals surface area contributed by atoms with E-state index in [-0.39, 0.29) is 5.69 Å². The minimum atomic E-state index is -0.562. The number of carbonyl (C=O) groups is 1. The maximum Gasteiger partial charge on any atom is 0.271 e. The van der Waals surface area contributed by atoms with Crippen LogP contribution in [0.3, 0.4) is 0 Å². The minimum absolute atomic E-state index is 0.202. The summed E-state index contributed by atoms with van der Waals surface area (Å²) in [5.74, 6) is -0.562. The molecule has 0 saturated carbocycles. The average Bonchev–Trinajstić information content (AvgIpc) is 2.49. The number of amides is 1. The number of hydrogen-bond donors (Lipinski definition) is 1. The molecule has 4 heteroatoms. The summed E-state index contributed by atoms with van der Waals surface area (Å²) in [6, 6.07) is 5.47. The van der Waals surface area contributed by atoms with Crippen LogP contribution in [0, 0.1) is 6.92 Å². The Morgan fingerprint density at radius 2 is 2.31 bits per heavy atom. The molecule has 0 spiro atoms. The standard InChI is InChI=1S/C9H8N2O2/c1-5-3-2-4-6-7(5)8(9(10)12)11-13-6/h2-4H,1H3,(H2,10,12). The summed E-state index contributed by atoms with van der Waals surface area (Å²) < 4.78 is 4.94. The molecule has 0 aliphatic carbocycles. The molecule has 0 saturated heterocycles. The molecule has 4 nitrogen and oxygen atoms in total. The van der Waals surface area contributed by atoms with Gasteiger partial charge in [0.25, 0.3) is 5.91 Å². The van der Waals surface area contributed by atoms with Crippen LogP contribution < -0.4 is 5.73 Å². The highest BCUT2D eigenvalue weighted by Crippen LogP contribution is 2.21. The second kappa shape index (κ2) is 2.58. The fourth-order valence-corrected chi connectivity index (χ4v) is 1.33. The van der Waals surface area contributed by atoms with E-state index in [1.165, 1.54) is 0 Å². The van der Waals surface area contributed by atoms with Gasteiger partial charge in [0.1, 0.15) is 0 Å². The fourth-order valence-electron chi connectivity index (χ4n) is 1.33. The normalized spacial score (nSPS) is 10.5. The van der Waals surface area contributed by atoms with E-state index in [9.17, 15) is 4.79 Å². The molecule has 2 rings (SSSR count). The van der Waals surface area contributed by atoms with Gasteiger partial charge < -0.3 is 10.3 Å². The molecule has 0 bridgehead atoms. The number of carbonyl (C=O) groups excluding carboxylic acids is 1. The Bertz CT molecular complexity index is 473. The van der Waals surface area contributed by atoms with Crippen molar-refractivity contribution in [3.8, 4) is 0 Å². The van der Waals surface area contributed by atoms with Crippen molar-refractivity contribution in [2.24, 2.45) is 5.73 Å². The molecule has 0 aliphatic rings. The Labute approximate surface area is 74.3 Å². The van der Waals surface area contributed by atoms with E-state index in [2.05, 4.69) is 5.16 Å². The molecule has 2 aromatic rings. The monoisotopic (exact) mass is 176 g/mol. The lowest BCUT2D eigenvalue weighted by Gasteiger charge is -1.93. The van der Waals surface area contributed by atoms with Crippen LogP contribution in [0.2, 0.25) is 0 Å². The Morgan fingerprint density at radius 3 is 3.00 bits per heavy atom. The highest BCUT2D eigenvalue weighted by Gasteiger charge is 2.14. The van der Waals surface area contributed by atoms with Crippen molar-refractivity contribution < 1.29 is 9.32 Å². The molecule has 1 aromatic heterocycles. The first-order valence-electron chi connectivity index (χ1n) is 3.85. The number of aryl methyl sites for hydroxylation is 1. The number of primary amides is 1. The molecular formula is C9H8N2O2. The third kappa shape index (κ3) is 1.07. The van der Waals surface area contributed by atoms with Crippen molar-refractivity contribution >= 4 is 16.9 Å². The average molecular weight is 176 g/mol. The summed E-state index contributed by atoms with van der Waals surface area (Å²) in [4.78, 5) is 10.9. The first-order valence-corrected chi connectivity index (χ1v) is 3.85. The van der Waals surface area contributed by atoms with Gasteiger partial charge in [-0.1, -0.05) is 17.3 Å². The second-order valence-electron chi connectivity index (χ2n) is 2.84. The highest BCUT2D eigenvalue weighted by molar-refractivity contribution is 6.04. The zero-order valence-electron chi connectivity index (χ0n) is 7.07. The molecule has 0 atom stereocenters. The van der Waals surface area contributed by atoms with E-state index in [0.29, 0.717) is 11.0 Å². The lowest BCUT2D eigenvalue weighted by atomic mass is 10.1. The molecular weight excluding hydrogens is 168 g/mol. The minimum Gasteiger partial charge on any atom is -0.364 e. The summed E-state index contributed by atoms with van der Waals surface area (Å²) in [7, 11) is 0. The van der Waals surface area contributed by atoms with E-state index in [1.807, 2.05) is 19.1 Å². The van der Waals surface area contributed by atoms with Crippen LogP contribution in [0.25, 0.3) is 11.0 Å². The molecule has 1 amide bonds. The van der Waals surface area contributed by atoms with Gasteiger partial charge in [-0.15, -0.1) is 0 Å². The maximum atomic E-state index is 10.9. The van der Waals surface area contributed by atoms with Crippen LogP contribution in [0.1, 0.15) is 16.1 Å². The zero-order chi connectivity index (χ0) is 9.42. The number of fused-ring (bicyclic) bond motifs is 1. The summed E-state index contributed by atoms with van der Waals surface area (Å²) in [6.07, 6.45) is 0. The van der Waals surface area contributed by atoms with Crippen LogP contribution in [0.4, 0.5) is 0 Å². The zero-order valence-corrected chi connectivity index (χ0v) is 7.07. The van der Waals surface area contributed by atoms with Gasteiger partial charge in [0.2, 0.25) is 0 Å². The first kappa shape index (κ1) is 7.79. The Balaban J connectivity index is 2.86. The van der Waals surface area contributed by atoms with E-state index in [4.69, 9.17) is 10.3 Å². The first-order chi connectivity index (χ1) is 6.20. The number of rotatable bonds is 1. The predicted octanol–water partition coefficient (Wildman–Crippen LogP) is 1.24. The van der Waals surface area contributed by atoms with Crippen LogP contribution in [0.5, 0.6) is 0 Å². The molecule has 0 unspecified atom stereocenters. The Morgan fingerprint density at radius 1 is 1.54 bits per heavy atom. The fraction of sp³-hybridized carbons (Fsp3) is 0.111. The molecule has 1 heterocycles. The maximum absolute atomic E-state index is 10.9. The lowest BCUT2D eigenvalue weighted by Crippen LogP contribution is -2.11. The van der Waals surface area contributed by atoms with Crippen molar-refractivity contribution in [2.45, 2.75) is 6.92 Å². The van der Waals surface area contributed by atoms with E-state index in [1.54, 1.807) is 6.07 Å². The molecule has 0 fully saturated rings. The quantitative estimate of drug-likeness (QED) is 0.710. The number of aromatic nitrogens is 1. The lowest BCUT2D eigenvalue weighted by molar-refractivity contribution is 0.0993. The van der Waals surface area contributed by atoms with Crippen molar-refractivity contribution in [2.75, 3.05) is 0 Å². The third-order valence-corrected chi connectivity index (χ3v) is 1.94. The number of nitrogens with two attached hydrogens (primary N) is 1. The second-order valence-corrected chi connectivity index (χ2v) is 2.84. The van der Waals surface area contributed by atoms with Crippen LogP contribution in [0.15, 0.2) is 22.7 Å². The van der Waals surface area contributed by atoms with E-state index >= 15 is 0 Å². The molecule has 66 valence electrons. The van der Waals surface area contributed by atoms with Crippen molar-refractivity contribution in [1.82, 2.24) is 5.16 Å². The smallest absolute Gasteiger partial charge is 0.271 e. The van der Waals surface area contributed by atoms with Gasteiger partial charge in [-0.3, -0.25) is 4.79 Å². The molecule has 0 aliphatic heterocycles. The topological polar surface area (TPSA) is 69.1 Å². The largest absolute Gasteiger partial charge is 0.364 e. The van der Waals surface area contributed by atoms with Crippen LogP contribution in [-0.2, 0) is 0 Å². The van der Waals surface area contributed by atoms with Crippen LogP contribution in [-0.4, -0.2) is 11.1 Å². The Kier molecular flexibility index (Phi) is 1.55. The number of benzene rings is 1. The van der Waals surface area contributed by atoms with Crippen molar-refractivity contribution in [3.63, 3.8) is 0 Å². The van der Waals surface area contributed by atoms with Gasteiger partial charge in [-0.25, -0.2) is 0 Å². The summed E-state index contributed by atoms with van der Waals surface area (Å²) in [5, 5.41) is 4.31. The van der Waals surface area contributed by atoms with E-state index in [0.717, 1.165) is 5.56 Å². The number of nitrogens with zero attached hydrogens (tertiary/aromatic N) is 1. The third-order valence-electron chi connectivity index (χ3n) is 1.94. The van der Waals surface area contributed by atoms with Gasteiger partial charge in [-0.05, 0) is 18.6 Å². The van der Waals surface area contributed by atoms with Crippen LogP contribution >= 0.6 is 0 Å². The van der Waals surface area contributed by atoms with Gasteiger partial charge in [0, 0.05) is 0 Å². The van der Waals surface area contributed by atoms with Crippen molar-refractivity contribution in [3.05, 3.63) is 29.5 Å². The van der Waals surface area contributed by atoms with Crippen molar-refractivity contribution in [1.29, 1.82) is 0 Å². The van der Waals surface area contributed by atoms with E-state index < -0.39 is 5.91 Å². The SMILES string of the molecule is Cc1cccc2onc(C(N)=O)c12. The highest BCUT2D eigenvalue weighted by atomic mass is 16.5. The Hall–Kier alpha value is -1.84. The predicted molar refractivity (Wildman–Crippen MR) is 47.3 cm³/mol. The molecule has 1 aromatic carbocycles. The van der Waals surface area contributed by atoms with Gasteiger partial charge in [-0.2, -0.15) is 0 Å². The summed E-state index contributed by atoms with van der Waals surface area (Å²) in [6.45, 7) is 1.88. The molecule has 2 N–H and O–H groups in total. The van der Waals surface area contributed by atoms with Gasteiger partial charge >= 0.3 is 0 Å². The summed E-state index contributed by atoms with van der Waals surface area (Å²) in [5.41, 5.74) is 6.86. The van der Waals surface area contributed by atoms with Gasteiger partial charge in [0.15, 0.2) is 11.3 Å². The molecule has 13 heavy (non-hydrogen) atoms. The van der Waals surface area contributed by atoms with Gasteiger partial charge in [0.05, 0.1) is 5.39 Å². The number of hydrogen-bond acceptors (Lipinski definition) is 3. The summed E-state index contributed by atoms with van der Waals surface area (Å²) >= 11 is 0.